The molecule has 1 saturated heterocycles. The van der Waals surface area contributed by atoms with Crippen molar-refractivity contribution in [1.82, 2.24) is 24.4 Å². The van der Waals surface area contributed by atoms with E-state index in [-0.39, 0.29) is 6.04 Å². The molecule has 5 rings (SSSR count). The molecule has 0 unspecified atom stereocenters. The number of rotatable bonds is 6. The summed E-state index contributed by atoms with van der Waals surface area (Å²) in [5, 5.41) is 5.34. The minimum atomic E-state index is 0.278. The number of ether oxygens (including phenoxy) is 1. The summed E-state index contributed by atoms with van der Waals surface area (Å²) >= 11 is 1.68. The van der Waals surface area contributed by atoms with E-state index in [1.807, 2.05) is 0 Å². The van der Waals surface area contributed by atoms with Gasteiger partial charge in [0.25, 0.3) is 0 Å². The average Bonchev–Trinajstić information content (AvgIpc) is 3.36. The molecular formula is C22H27N7OS. The molecule has 4 aromatic rings. The Bertz CT molecular complexity index is 1210. The summed E-state index contributed by atoms with van der Waals surface area (Å²) < 4.78 is 8.71. The van der Waals surface area contributed by atoms with Gasteiger partial charge in [-0.25, -0.2) is 15.0 Å². The molecule has 0 radical (unpaired) electrons. The van der Waals surface area contributed by atoms with Gasteiger partial charge in [-0.15, -0.1) is 0 Å². The smallest absolute Gasteiger partial charge is 0.183 e. The van der Waals surface area contributed by atoms with Crippen molar-refractivity contribution in [2.24, 2.45) is 0 Å². The van der Waals surface area contributed by atoms with Gasteiger partial charge >= 0.3 is 0 Å². The van der Waals surface area contributed by atoms with Crippen LogP contribution in [-0.2, 0) is 4.74 Å². The zero-order valence-corrected chi connectivity index (χ0v) is 18.7. The fourth-order valence-electron chi connectivity index (χ4n) is 4.03. The molecule has 1 fully saturated rings. The van der Waals surface area contributed by atoms with Crippen LogP contribution in [0.15, 0.2) is 30.7 Å². The highest BCUT2D eigenvalue weighted by atomic mass is 32.1. The summed E-state index contributed by atoms with van der Waals surface area (Å²) in [5.41, 5.74) is 10.3. The van der Waals surface area contributed by atoms with Gasteiger partial charge in [-0.05, 0) is 31.5 Å². The van der Waals surface area contributed by atoms with Crippen LogP contribution in [0.3, 0.4) is 0 Å². The number of nitrogens with zero attached hydrogens (tertiary/aromatic N) is 5. The topological polar surface area (TPSA) is 94.1 Å². The lowest BCUT2D eigenvalue weighted by molar-refractivity contribution is 0.0398. The van der Waals surface area contributed by atoms with Crippen LogP contribution < -0.4 is 11.1 Å². The first-order valence-electron chi connectivity index (χ1n) is 10.7. The summed E-state index contributed by atoms with van der Waals surface area (Å²) in [6, 6.07) is 6.64. The van der Waals surface area contributed by atoms with Gasteiger partial charge < -0.3 is 20.4 Å². The van der Waals surface area contributed by atoms with Crippen molar-refractivity contribution in [3.63, 3.8) is 0 Å². The fraction of sp³-hybridized carbons (Fsp3) is 0.409. The highest BCUT2D eigenvalue weighted by Crippen LogP contribution is 2.37. The Morgan fingerprint density at radius 3 is 2.87 bits per heavy atom. The van der Waals surface area contributed by atoms with Crippen LogP contribution in [0.4, 0.5) is 10.9 Å². The van der Waals surface area contributed by atoms with E-state index in [9.17, 15) is 0 Å². The molecule has 0 bridgehead atoms. The molecule has 0 atom stereocenters. The SMILES string of the molecule is CC(C)n1cc(-c2ccc3nc(NCCN4CCOCC4)sc3c2)c2c(N)ncnc21. The quantitative estimate of drug-likeness (QED) is 0.476. The number of aromatic nitrogens is 4. The van der Waals surface area contributed by atoms with Gasteiger partial charge in [0.1, 0.15) is 17.8 Å². The van der Waals surface area contributed by atoms with Crippen molar-refractivity contribution in [2.45, 2.75) is 19.9 Å². The lowest BCUT2D eigenvalue weighted by Gasteiger charge is -2.26. The van der Waals surface area contributed by atoms with E-state index in [0.717, 1.165) is 76.9 Å². The second kappa shape index (κ2) is 8.41. The second-order valence-electron chi connectivity index (χ2n) is 8.08. The lowest BCUT2D eigenvalue weighted by atomic mass is 10.1. The van der Waals surface area contributed by atoms with Crippen molar-refractivity contribution >= 4 is 43.5 Å². The van der Waals surface area contributed by atoms with Crippen molar-refractivity contribution in [2.75, 3.05) is 50.4 Å². The first-order chi connectivity index (χ1) is 15.1. The van der Waals surface area contributed by atoms with Crippen LogP contribution in [0, 0.1) is 0 Å². The lowest BCUT2D eigenvalue weighted by Crippen LogP contribution is -2.38. The number of fused-ring (bicyclic) bond motifs is 2. The Balaban J connectivity index is 1.41. The third kappa shape index (κ3) is 3.96. The van der Waals surface area contributed by atoms with Crippen molar-refractivity contribution in [3.05, 3.63) is 30.7 Å². The maximum absolute atomic E-state index is 6.24. The number of thiazole rings is 1. The summed E-state index contributed by atoms with van der Waals surface area (Å²) in [5.74, 6) is 0.509. The van der Waals surface area contributed by atoms with E-state index in [4.69, 9.17) is 15.5 Å². The number of anilines is 2. The molecule has 1 aromatic carbocycles. The highest BCUT2D eigenvalue weighted by molar-refractivity contribution is 7.22. The minimum Gasteiger partial charge on any atom is -0.383 e. The van der Waals surface area contributed by atoms with Gasteiger partial charge in [0.2, 0.25) is 0 Å². The second-order valence-corrected chi connectivity index (χ2v) is 9.11. The Kier molecular flexibility index (Phi) is 5.47. The first kappa shape index (κ1) is 20.2. The molecule has 0 aliphatic carbocycles. The van der Waals surface area contributed by atoms with Crippen LogP contribution in [0.25, 0.3) is 32.4 Å². The molecule has 31 heavy (non-hydrogen) atoms. The first-order valence-corrected chi connectivity index (χ1v) is 11.5. The normalized spacial score (nSPS) is 15.3. The van der Waals surface area contributed by atoms with E-state index in [0.29, 0.717) is 5.82 Å². The molecule has 1 aliphatic heterocycles. The molecule has 0 saturated carbocycles. The molecule has 9 heteroatoms. The standard InChI is InChI=1S/C22H27N7OS/c1-14(2)29-12-16(19-20(23)25-13-26-21(19)29)15-3-4-17-18(11-15)31-22(27-17)24-5-6-28-7-9-30-10-8-28/h3-4,11-14H,5-10H2,1-2H3,(H,24,27)(H2,23,25,26). The molecule has 162 valence electrons. The van der Waals surface area contributed by atoms with Crippen LogP contribution in [0.2, 0.25) is 0 Å². The highest BCUT2D eigenvalue weighted by Gasteiger charge is 2.17. The van der Waals surface area contributed by atoms with E-state index < -0.39 is 0 Å². The van der Waals surface area contributed by atoms with Gasteiger partial charge in [0.05, 0.1) is 28.8 Å². The molecule has 0 amide bonds. The average molecular weight is 438 g/mol. The van der Waals surface area contributed by atoms with E-state index in [2.05, 4.69) is 63.0 Å². The number of hydrogen-bond donors (Lipinski definition) is 2. The zero-order valence-electron chi connectivity index (χ0n) is 17.8. The zero-order chi connectivity index (χ0) is 21.4. The van der Waals surface area contributed by atoms with E-state index in [1.54, 1.807) is 11.3 Å². The number of benzene rings is 1. The number of nitrogens with two attached hydrogens (primary N) is 1. The van der Waals surface area contributed by atoms with Gasteiger partial charge in [-0.3, -0.25) is 4.90 Å². The molecule has 0 spiro atoms. The molecule has 8 nitrogen and oxygen atoms in total. The maximum Gasteiger partial charge on any atom is 0.183 e. The molecule has 1 aliphatic rings. The van der Waals surface area contributed by atoms with Crippen LogP contribution in [-0.4, -0.2) is 63.8 Å². The number of hydrogen-bond acceptors (Lipinski definition) is 8. The van der Waals surface area contributed by atoms with Crippen LogP contribution >= 0.6 is 11.3 Å². The number of nitrogens with one attached hydrogen (secondary N) is 1. The van der Waals surface area contributed by atoms with Gasteiger partial charge in [-0.2, -0.15) is 0 Å². The van der Waals surface area contributed by atoms with Crippen LogP contribution in [0.1, 0.15) is 19.9 Å². The summed E-state index contributed by atoms with van der Waals surface area (Å²) in [4.78, 5) is 15.9. The predicted molar refractivity (Wildman–Crippen MR) is 127 cm³/mol. The maximum atomic E-state index is 6.24. The van der Waals surface area contributed by atoms with Crippen molar-refractivity contribution in [3.8, 4) is 11.1 Å². The molecule has 3 N–H and O–H groups in total. The Morgan fingerprint density at radius 2 is 2.06 bits per heavy atom. The summed E-state index contributed by atoms with van der Waals surface area (Å²) in [6.07, 6.45) is 3.66. The monoisotopic (exact) mass is 437 g/mol. The molecule has 4 heterocycles. The van der Waals surface area contributed by atoms with Crippen molar-refractivity contribution in [1.29, 1.82) is 0 Å². The van der Waals surface area contributed by atoms with Crippen molar-refractivity contribution < 1.29 is 4.74 Å². The van der Waals surface area contributed by atoms with Gasteiger partial charge in [-0.1, -0.05) is 17.4 Å². The molecular weight excluding hydrogens is 410 g/mol. The molecule has 3 aromatic heterocycles. The van der Waals surface area contributed by atoms with Gasteiger partial charge in [0, 0.05) is 44.0 Å². The fourth-order valence-corrected chi connectivity index (χ4v) is 4.97. The Hall–Kier alpha value is -2.75. The third-order valence-electron chi connectivity index (χ3n) is 5.70. The Labute approximate surface area is 185 Å². The predicted octanol–water partition coefficient (Wildman–Crippen LogP) is 3.62. The number of nitrogen functional groups attached to an aromatic ring is 1. The summed E-state index contributed by atoms with van der Waals surface area (Å²) in [7, 11) is 0. The minimum absolute atomic E-state index is 0.278. The van der Waals surface area contributed by atoms with E-state index >= 15 is 0 Å². The number of morpholine rings is 1. The third-order valence-corrected chi connectivity index (χ3v) is 6.68. The van der Waals surface area contributed by atoms with E-state index in [1.165, 1.54) is 6.33 Å². The van der Waals surface area contributed by atoms with Crippen LogP contribution in [0.5, 0.6) is 0 Å². The Morgan fingerprint density at radius 1 is 1.23 bits per heavy atom. The largest absolute Gasteiger partial charge is 0.383 e. The van der Waals surface area contributed by atoms with Gasteiger partial charge in [0.15, 0.2) is 5.13 Å². The summed E-state index contributed by atoms with van der Waals surface area (Å²) in [6.45, 7) is 9.81.